The van der Waals surface area contributed by atoms with Crippen molar-refractivity contribution in [2.45, 2.75) is 25.3 Å². The largest absolute Gasteiger partial charge is 0.459 e. The number of furan rings is 1. The number of hydrogen-bond acceptors (Lipinski definition) is 5. The third kappa shape index (κ3) is 4.56. The molecule has 6 nitrogen and oxygen atoms in total. The second-order valence-corrected chi connectivity index (χ2v) is 6.28. The molecule has 1 amide bonds. The number of hydrogen-bond donors (Lipinski definition) is 1. The Labute approximate surface area is 137 Å². The summed E-state index contributed by atoms with van der Waals surface area (Å²) in [5.74, 6) is 0.465. The maximum Gasteiger partial charge on any atom is 0.289 e. The first kappa shape index (κ1) is 16.5. The van der Waals surface area contributed by atoms with E-state index < -0.39 is 0 Å². The minimum Gasteiger partial charge on any atom is -0.459 e. The standard InChI is InChI=1S/C17H27N3O3/c21-17(16-5-2-11-23-16)20(15-4-1-6-18-14-15)8-3-7-19-9-12-22-13-10-19/h2,5,11,15,18H,1,3-4,6-10,12-14H2. The highest BCUT2D eigenvalue weighted by atomic mass is 16.5. The molecule has 1 aromatic heterocycles. The fourth-order valence-corrected chi connectivity index (χ4v) is 3.38. The molecule has 0 saturated carbocycles. The van der Waals surface area contributed by atoms with Crippen molar-refractivity contribution < 1.29 is 13.9 Å². The van der Waals surface area contributed by atoms with Crippen molar-refractivity contribution in [3.8, 4) is 0 Å². The molecule has 0 radical (unpaired) electrons. The molecule has 3 heterocycles. The summed E-state index contributed by atoms with van der Waals surface area (Å²) in [5, 5.41) is 3.40. The Balaban J connectivity index is 1.56. The first-order valence-electron chi connectivity index (χ1n) is 8.70. The van der Waals surface area contributed by atoms with Gasteiger partial charge in [-0.2, -0.15) is 0 Å². The topological polar surface area (TPSA) is 58.0 Å². The number of amides is 1. The third-order valence-corrected chi connectivity index (χ3v) is 4.68. The summed E-state index contributed by atoms with van der Waals surface area (Å²) >= 11 is 0. The van der Waals surface area contributed by atoms with Gasteiger partial charge in [-0.1, -0.05) is 0 Å². The van der Waals surface area contributed by atoms with Crippen LogP contribution in [0.15, 0.2) is 22.8 Å². The van der Waals surface area contributed by atoms with Gasteiger partial charge in [0, 0.05) is 38.8 Å². The summed E-state index contributed by atoms with van der Waals surface area (Å²) in [7, 11) is 0. The number of carbonyl (C=O) groups is 1. The average molecular weight is 321 g/mol. The molecule has 0 bridgehead atoms. The van der Waals surface area contributed by atoms with Crippen molar-refractivity contribution in [3.05, 3.63) is 24.2 Å². The lowest BCUT2D eigenvalue weighted by molar-refractivity contribution is 0.0340. The van der Waals surface area contributed by atoms with E-state index in [9.17, 15) is 4.79 Å². The number of piperidine rings is 1. The van der Waals surface area contributed by atoms with Gasteiger partial charge in [0.25, 0.3) is 5.91 Å². The lowest BCUT2D eigenvalue weighted by Crippen LogP contribution is -2.49. The van der Waals surface area contributed by atoms with Gasteiger partial charge in [-0.25, -0.2) is 0 Å². The number of morpholine rings is 1. The van der Waals surface area contributed by atoms with Crippen molar-refractivity contribution >= 4 is 5.91 Å². The molecule has 0 spiro atoms. The number of nitrogens with zero attached hydrogens (tertiary/aromatic N) is 2. The monoisotopic (exact) mass is 321 g/mol. The lowest BCUT2D eigenvalue weighted by atomic mass is 10.0. The van der Waals surface area contributed by atoms with Crippen LogP contribution in [0.3, 0.4) is 0 Å². The number of ether oxygens (including phenoxy) is 1. The minimum absolute atomic E-state index is 0.0191. The van der Waals surface area contributed by atoms with Crippen LogP contribution in [-0.4, -0.2) is 74.2 Å². The van der Waals surface area contributed by atoms with Gasteiger partial charge in [0.15, 0.2) is 5.76 Å². The molecule has 1 atom stereocenters. The highest BCUT2D eigenvalue weighted by Crippen LogP contribution is 2.16. The molecule has 1 aromatic rings. The van der Waals surface area contributed by atoms with Gasteiger partial charge in [-0.3, -0.25) is 9.69 Å². The predicted molar refractivity (Wildman–Crippen MR) is 87.5 cm³/mol. The quantitative estimate of drug-likeness (QED) is 0.853. The molecule has 2 aliphatic heterocycles. The van der Waals surface area contributed by atoms with Crippen LogP contribution >= 0.6 is 0 Å². The van der Waals surface area contributed by atoms with E-state index in [2.05, 4.69) is 10.2 Å². The van der Waals surface area contributed by atoms with Crippen molar-refractivity contribution in [1.29, 1.82) is 0 Å². The molecule has 3 rings (SSSR count). The molecule has 0 aromatic carbocycles. The van der Waals surface area contributed by atoms with Crippen LogP contribution in [0, 0.1) is 0 Å². The fraction of sp³-hybridized carbons (Fsp3) is 0.706. The SMILES string of the molecule is O=C(c1ccco1)N(CCCN1CCOCC1)C1CCCNC1. The first-order valence-corrected chi connectivity index (χ1v) is 8.70. The van der Waals surface area contributed by atoms with E-state index >= 15 is 0 Å². The first-order chi connectivity index (χ1) is 11.3. The molecular formula is C17H27N3O3. The van der Waals surface area contributed by atoms with E-state index in [1.165, 1.54) is 0 Å². The summed E-state index contributed by atoms with van der Waals surface area (Å²) in [6, 6.07) is 3.80. The summed E-state index contributed by atoms with van der Waals surface area (Å²) in [6.45, 7) is 7.36. The smallest absolute Gasteiger partial charge is 0.289 e. The Morgan fingerprint density at radius 2 is 2.26 bits per heavy atom. The van der Waals surface area contributed by atoms with E-state index in [1.807, 2.05) is 4.90 Å². The zero-order valence-corrected chi connectivity index (χ0v) is 13.7. The zero-order chi connectivity index (χ0) is 15.9. The van der Waals surface area contributed by atoms with E-state index in [4.69, 9.17) is 9.15 Å². The molecule has 6 heteroatoms. The second-order valence-electron chi connectivity index (χ2n) is 6.28. The van der Waals surface area contributed by atoms with Gasteiger partial charge < -0.3 is 19.4 Å². The van der Waals surface area contributed by atoms with Gasteiger partial charge in [0.2, 0.25) is 0 Å². The van der Waals surface area contributed by atoms with Gasteiger partial charge in [0.05, 0.1) is 19.5 Å². The minimum atomic E-state index is 0.0191. The predicted octanol–water partition coefficient (Wildman–Crippen LogP) is 1.20. The Kier molecular flexibility index (Phi) is 6.07. The van der Waals surface area contributed by atoms with Crippen LogP contribution in [0.5, 0.6) is 0 Å². The summed E-state index contributed by atoms with van der Waals surface area (Å²) in [6.07, 6.45) is 4.74. The van der Waals surface area contributed by atoms with E-state index in [-0.39, 0.29) is 11.9 Å². The van der Waals surface area contributed by atoms with Crippen LogP contribution in [0.25, 0.3) is 0 Å². The Hall–Kier alpha value is -1.37. The Bertz CT molecular complexity index is 465. The van der Waals surface area contributed by atoms with E-state index in [1.54, 1.807) is 18.4 Å². The maximum atomic E-state index is 12.8. The van der Waals surface area contributed by atoms with Crippen LogP contribution in [-0.2, 0) is 4.74 Å². The van der Waals surface area contributed by atoms with E-state index in [0.717, 1.165) is 71.7 Å². The average Bonchev–Trinajstić information content (AvgIpc) is 3.15. The number of rotatable bonds is 6. The Morgan fingerprint density at radius 1 is 1.39 bits per heavy atom. The van der Waals surface area contributed by atoms with Gasteiger partial charge in [-0.15, -0.1) is 0 Å². The summed E-state index contributed by atoms with van der Waals surface area (Å²) < 4.78 is 10.7. The van der Waals surface area contributed by atoms with Gasteiger partial charge >= 0.3 is 0 Å². The molecule has 128 valence electrons. The third-order valence-electron chi connectivity index (χ3n) is 4.68. The Morgan fingerprint density at radius 3 is 2.96 bits per heavy atom. The molecule has 1 N–H and O–H groups in total. The maximum absolute atomic E-state index is 12.8. The second kappa shape index (κ2) is 8.47. The molecule has 23 heavy (non-hydrogen) atoms. The summed E-state index contributed by atoms with van der Waals surface area (Å²) in [4.78, 5) is 17.2. The molecular weight excluding hydrogens is 294 g/mol. The van der Waals surface area contributed by atoms with Crippen molar-refractivity contribution in [2.75, 3.05) is 52.5 Å². The van der Waals surface area contributed by atoms with Crippen LogP contribution < -0.4 is 5.32 Å². The molecule has 2 fully saturated rings. The molecule has 2 aliphatic rings. The van der Waals surface area contributed by atoms with E-state index in [0.29, 0.717) is 5.76 Å². The van der Waals surface area contributed by atoms with Crippen molar-refractivity contribution in [1.82, 2.24) is 15.1 Å². The lowest BCUT2D eigenvalue weighted by Gasteiger charge is -2.35. The van der Waals surface area contributed by atoms with Crippen LogP contribution in [0.4, 0.5) is 0 Å². The van der Waals surface area contributed by atoms with Crippen molar-refractivity contribution in [3.63, 3.8) is 0 Å². The summed E-state index contributed by atoms with van der Waals surface area (Å²) in [5.41, 5.74) is 0. The molecule has 0 aliphatic carbocycles. The number of carbonyl (C=O) groups excluding carboxylic acids is 1. The van der Waals surface area contributed by atoms with Crippen LogP contribution in [0.1, 0.15) is 29.8 Å². The van der Waals surface area contributed by atoms with Crippen LogP contribution in [0.2, 0.25) is 0 Å². The highest BCUT2D eigenvalue weighted by molar-refractivity contribution is 5.91. The van der Waals surface area contributed by atoms with Gasteiger partial charge in [0.1, 0.15) is 0 Å². The normalized spacial score (nSPS) is 22.9. The fourth-order valence-electron chi connectivity index (χ4n) is 3.38. The van der Waals surface area contributed by atoms with Gasteiger partial charge in [-0.05, 0) is 37.9 Å². The highest BCUT2D eigenvalue weighted by Gasteiger charge is 2.27. The zero-order valence-electron chi connectivity index (χ0n) is 13.7. The van der Waals surface area contributed by atoms with Crippen molar-refractivity contribution in [2.24, 2.45) is 0 Å². The number of nitrogens with one attached hydrogen (secondary N) is 1. The molecule has 2 saturated heterocycles. The molecule has 1 unspecified atom stereocenters.